The average molecular weight is 328 g/mol. The minimum atomic E-state index is -0.0468. The molecule has 0 unspecified atom stereocenters. The van der Waals surface area contributed by atoms with Gasteiger partial charge in [0.25, 0.3) is 0 Å². The lowest BCUT2D eigenvalue weighted by Gasteiger charge is -2.22. The van der Waals surface area contributed by atoms with Crippen molar-refractivity contribution in [1.29, 1.82) is 10.5 Å². The van der Waals surface area contributed by atoms with E-state index in [9.17, 15) is 5.26 Å². The molecule has 1 aliphatic heterocycles. The second kappa shape index (κ2) is 8.23. The van der Waals surface area contributed by atoms with E-state index in [1.165, 1.54) is 12.8 Å². The molecule has 2 heterocycles. The topological polar surface area (TPSA) is 93.0 Å². The molecule has 0 aromatic carbocycles. The van der Waals surface area contributed by atoms with Crippen LogP contribution in [0.4, 0.5) is 0 Å². The normalized spacial score (nSPS) is 20.9. The molecule has 2 aliphatic rings. The predicted octanol–water partition coefficient (Wildman–Crippen LogP) is 1.90. The van der Waals surface area contributed by atoms with Gasteiger partial charge in [-0.15, -0.1) is 0 Å². The Morgan fingerprint density at radius 2 is 1.96 bits per heavy atom. The first-order chi connectivity index (χ1) is 11.8. The van der Waals surface area contributed by atoms with Gasteiger partial charge in [0.15, 0.2) is 5.82 Å². The summed E-state index contributed by atoms with van der Waals surface area (Å²) in [6.45, 7) is 5.40. The van der Waals surface area contributed by atoms with E-state index in [4.69, 9.17) is 9.78 Å². The highest BCUT2D eigenvalue weighted by Gasteiger charge is 2.30. The molecule has 1 aromatic rings. The van der Waals surface area contributed by atoms with E-state index in [0.29, 0.717) is 18.8 Å². The Hall–Kier alpha value is -1.96. The summed E-state index contributed by atoms with van der Waals surface area (Å²) in [6.07, 6.45) is 4.54. The lowest BCUT2D eigenvalue weighted by Crippen LogP contribution is -2.33. The fraction of sp³-hybridized carbons (Fsp3) is 0.765. The predicted molar refractivity (Wildman–Crippen MR) is 86.6 cm³/mol. The fourth-order valence-electron chi connectivity index (χ4n) is 3.14. The molecule has 3 rings (SSSR count). The van der Waals surface area contributed by atoms with Crippen LogP contribution < -0.4 is 0 Å². The number of hydrogen-bond donors (Lipinski definition) is 0. The van der Waals surface area contributed by atoms with Crippen LogP contribution in [0.5, 0.6) is 0 Å². The summed E-state index contributed by atoms with van der Waals surface area (Å²) in [5.74, 6) is 2.04. The van der Waals surface area contributed by atoms with E-state index in [0.717, 1.165) is 57.4 Å². The van der Waals surface area contributed by atoms with Crippen molar-refractivity contribution in [3.05, 3.63) is 11.7 Å². The first-order valence-corrected chi connectivity index (χ1v) is 8.82. The van der Waals surface area contributed by atoms with Crippen molar-refractivity contribution in [2.45, 2.75) is 44.6 Å². The van der Waals surface area contributed by atoms with Gasteiger partial charge < -0.3 is 9.42 Å². The highest BCUT2D eigenvalue weighted by atomic mass is 16.5. The Labute approximate surface area is 142 Å². The Morgan fingerprint density at radius 1 is 1.17 bits per heavy atom. The van der Waals surface area contributed by atoms with Crippen molar-refractivity contribution in [2.24, 2.45) is 5.92 Å². The molecule has 7 nitrogen and oxygen atoms in total. The fourth-order valence-corrected chi connectivity index (χ4v) is 3.14. The second-order valence-corrected chi connectivity index (χ2v) is 6.78. The van der Waals surface area contributed by atoms with E-state index in [1.807, 2.05) is 0 Å². The van der Waals surface area contributed by atoms with E-state index in [-0.39, 0.29) is 5.92 Å². The maximum absolute atomic E-state index is 9.23. The molecule has 0 N–H and O–H groups in total. The minimum absolute atomic E-state index is 0.0468. The van der Waals surface area contributed by atoms with Gasteiger partial charge in [0, 0.05) is 32.0 Å². The third-order valence-electron chi connectivity index (χ3n) is 4.72. The highest BCUT2D eigenvalue weighted by Crippen LogP contribution is 2.38. The van der Waals surface area contributed by atoms with Crippen LogP contribution in [0.2, 0.25) is 0 Å². The van der Waals surface area contributed by atoms with E-state index in [1.54, 1.807) is 0 Å². The molecule has 1 saturated carbocycles. The van der Waals surface area contributed by atoms with E-state index < -0.39 is 0 Å². The van der Waals surface area contributed by atoms with Gasteiger partial charge in [-0.2, -0.15) is 15.5 Å². The summed E-state index contributed by atoms with van der Waals surface area (Å²) >= 11 is 0. The molecular weight excluding hydrogens is 304 g/mol. The molecule has 1 aromatic heterocycles. The maximum Gasteiger partial charge on any atom is 0.229 e. The van der Waals surface area contributed by atoms with Gasteiger partial charge >= 0.3 is 0 Å². The van der Waals surface area contributed by atoms with Crippen molar-refractivity contribution in [3.8, 4) is 12.1 Å². The van der Waals surface area contributed by atoms with Crippen LogP contribution >= 0.6 is 0 Å². The van der Waals surface area contributed by atoms with Gasteiger partial charge in [-0.1, -0.05) is 5.16 Å². The molecule has 0 amide bonds. The summed E-state index contributed by atoms with van der Waals surface area (Å²) < 4.78 is 5.33. The molecule has 24 heavy (non-hydrogen) atoms. The lowest BCUT2D eigenvalue weighted by molar-refractivity contribution is 0.232. The molecule has 128 valence electrons. The van der Waals surface area contributed by atoms with Crippen LogP contribution in [-0.4, -0.2) is 52.7 Å². The molecule has 1 aliphatic carbocycles. The van der Waals surface area contributed by atoms with Crippen LogP contribution in [0.15, 0.2) is 4.52 Å². The van der Waals surface area contributed by atoms with Crippen LogP contribution in [0, 0.1) is 28.6 Å². The SMILES string of the molecule is N#CCC[C@@H](C#N)CN1CCCN(Cc2noc(C3CC3)n2)CC1. The summed E-state index contributed by atoms with van der Waals surface area (Å²) in [5, 5.41) is 22.0. The minimum Gasteiger partial charge on any atom is -0.339 e. The van der Waals surface area contributed by atoms with Crippen molar-refractivity contribution in [3.63, 3.8) is 0 Å². The number of hydrogen-bond acceptors (Lipinski definition) is 7. The number of rotatable bonds is 7. The van der Waals surface area contributed by atoms with Crippen LogP contribution in [0.3, 0.4) is 0 Å². The van der Waals surface area contributed by atoms with E-state index >= 15 is 0 Å². The summed E-state index contributed by atoms with van der Waals surface area (Å²) in [7, 11) is 0. The van der Waals surface area contributed by atoms with Crippen LogP contribution in [0.1, 0.15) is 49.7 Å². The Morgan fingerprint density at radius 3 is 2.71 bits per heavy atom. The molecule has 0 spiro atoms. The molecular formula is C17H24N6O. The van der Waals surface area contributed by atoms with Crippen molar-refractivity contribution in [1.82, 2.24) is 19.9 Å². The standard InChI is InChI=1S/C17H24N6O/c18-6-1-3-14(11-19)12-22-7-2-8-23(10-9-22)13-16-20-17(24-21-16)15-4-5-15/h14-15H,1-5,7-10,12-13H2/t14-/m0/s1. The summed E-state index contributed by atoms with van der Waals surface area (Å²) in [6, 6.07) is 4.47. The molecule has 2 fully saturated rings. The zero-order chi connectivity index (χ0) is 16.8. The maximum atomic E-state index is 9.23. The Bertz CT molecular complexity index is 611. The second-order valence-electron chi connectivity index (χ2n) is 6.78. The van der Waals surface area contributed by atoms with Crippen LogP contribution in [-0.2, 0) is 6.54 Å². The van der Waals surface area contributed by atoms with Gasteiger partial charge in [-0.05, 0) is 38.8 Å². The number of nitrogens with zero attached hydrogens (tertiary/aromatic N) is 6. The monoisotopic (exact) mass is 328 g/mol. The van der Waals surface area contributed by atoms with Crippen LogP contribution in [0.25, 0.3) is 0 Å². The Balaban J connectivity index is 1.45. The van der Waals surface area contributed by atoms with Gasteiger partial charge in [0.05, 0.1) is 24.6 Å². The molecule has 0 bridgehead atoms. The quantitative estimate of drug-likeness (QED) is 0.754. The lowest BCUT2D eigenvalue weighted by atomic mass is 10.0. The number of nitriles is 2. The van der Waals surface area contributed by atoms with Gasteiger partial charge in [0.2, 0.25) is 5.89 Å². The van der Waals surface area contributed by atoms with Gasteiger partial charge in [-0.25, -0.2) is 0 Å². The third-order valence-corrected chi connectivity index (χ3v) is 4.72. The van der Waals surface area contributed by atoms with Gasteiger partial charge in [0.1, 0.15) is 0 Å². The molecule has 0 radical (unpaired) electrons. The van der Waals surface area contributed by atoms with Crippen molar-refractivity contribution in [2.75, 3.05) is 32.7 Å². The zero-order valence-corrected chi connectivity index (χ0v) is 14.0. The van der Waals surface area contributed by atoms with Crippen molar-refractivity contribution >= 4 is 0 Å². The first kappa shape index (κ1) is 16.9. The smallest absolute Gasteiger partial charge is 0.229 e. The molecule has 1 atom stereocenters. The zero-order valence-electron chi connectivity index (χ0n) is 14.0. The highest BCUT2D eigenvalue weighted by molar-refractivity contribution is 5.01. The third kappa shape index (κ3) is 4.77. The summed E-state index contributed by atoms with van der Waals surface area (Å²) in [5.41, 5.74) is 0. The largest absolute Gasteiger partial charge is 0.339 e. The van der Waals surface area contributed by atoms with Gasteiger partial charge in [-0.3, -0.25) is 4.90 Å². The van der Waals surface area contributed by atoms with Crippen molar-refractivity contribution < 1.29 is 4.52 Å². The average Bonchev–Trinajstić information content (AvgIpc) is 3.37. The molecule has 7 heteroatoms. The Kier molecular flexibility index (Phi) is 5.79. The van der Waals surface area contributed by atoms with E-state index in [2.05, 4.69) is 32.1 Å². The summed E-state index contributed by atoms with van der Waals surface area (Å²) in [4.78, 5) is 9.21. The number of aromatic nitrogens is 2. The molecule has 1 saturated heterocycles. The first-order valence-electron chi connectivity index (χ1n) is 8.82.